The number of halogens is 3. The summed E-state index contributed by atoms with van der Waals surface area (Å²) >= 11 is 0. The number of alkyl halides is 3. The van der Waals surface area contributed by atoms with Crippen LogP contribution in [0, 0.1) is 12.8 Å². The third-order valence-corrected chi connectivity index (χ3v) is 5.78. The van der Waals surface area contributed by atoms with Crippen LogP contribution in [0.2, 0.25) is 0 Å². The largest absolute Gasteiger partial charge is 0.471 e. The van der Waals surface area contributed by atoms with Crippen LogP contribution in [0.3, 0.4) is 0 Å². The maximum atomic E-state index is 13.8. The molecule has 1 aliphatic carbocycles. The minimum absolute atomic E-state index is 0.0240. The van der Waals surface area contributed by atoms with Gasteiger partial charge in [0.25, 0.3) is 0 Å². The van der Waals surface area contributed by atoms with Crippen molar-refractivity contribution < 1.29 is 22.8 Å². The molecule has 0 bridgehead atoms. The second-order valence-corrected chi connectivity index (χ2v) is 7.68. The Morgan fingerprint density at radius 1 is 1.00 bits per heavy atom. The van der Waals surface area contributed by atoms with Crippen LogP contribution in [0.4, 0.5) is 18.9 Å². The van der Waals surface area contributed by atoms with Gasteiger partial charge in [0.05, 0.1) is 0 Å². The molecule has 2 amide bonds. The zero-order valence-corrected chi connectivity index (χ0v) is 16.7. The Hall–Kier alpha value is -2.90. The lowest BCUT2D eigenvalue weighted by Crippen LogP contribution is -2.64. The zero-order chi connectivity index (χ0) is 21.9. The molecule has 0 spiro atoms. The van der Waals surface area contributed by atoms with Crippen molar-refractivity contribution in [1.82, 2.24) is 4.98 Å². The van der Waals surface area contributed by atoms with Crippen molar-refractivity contribution in [2.45, 2.75) is 50.7 Å². The molecule has 1 saturated carbocycles. The molecule has 30 heavy (non-hydrogen) atoms. The molecule has 0 radical (unpaired) electrons. The highest BCUT2D eigenvalue weighted by Crippen LogP contribution is 2.47. The van der Waals surface area contributed by atoms with E-state index in [1.54, 1.807) is 19.1 Å². The van der Waals surface area contributed by atoms with Crippen LogP contribution < -0.4 is 10.6 Å². The Bertz CT molecular complexity index is 894. The SMILES string of the molecule is Cc1ccc(N(C(=O)C(F)(F)F)C(C(N)=O)(c2ccncc2)C2CCCCC2)cc1. The van der Waals surface area contributed by atoms with Gasteiger partial charge in [0, 0.05) is 18.1 Å². The number of nitrogens with zero attached hydrogens (tertiary/aromatic N) is 2. The smallest absolute Gasteiger partial charge is 0.367 e. The highest BCUT2D eigenvalue weighted by Gasteiger charge is 2.58. The molecular formula is C22H24F3N3O2. The molecule has 1 aromatic carbocycles. The van der Waals surface area contributed by atoms with Crippen molar-refractivity contribution in [1.29, 1.82) is 0 Å². The van der Waals surface area contributed by atoms with Gasteiger partial charge in [0.15, 0.2) is 5.54 Å². The van der Waals surface area contributed by atoms with Gasteiger partial charge in [-0.3, -0.25) is 19.5 Å². The van der Waals surface area contributed by atoms with Crippen molar-refractivity contribution in [3.63, 3.8) is 0 Å². The quantitative estimate of drug-likeness (QED) is 0.787. The normalized spacial score (nSPS) is 17.2. The first-order chi connectivity index (χ1) is 14.2. The highest BCUT2D eigenvalue weighted by molar-refractivity contribution is 6.06. The number of carbonyl (C=O) groups is 2. The van der Waals surface area contributed by atoms with E-state index >= 15 is 0 Å². The summed E-state index contributed by atoms with van der Waals surface area (Å²) in [7, 11) is 0. The van der Waals surface area contributed by atoms with E-state index < -0.39 is 29.4 Å². The van der Waals surface area contributed by atoms with E-state index in [-0.39, 0.29) is 11.3 Å². The molecule has 1 atom stereocenters. The second kappa shape index (κ2) is 8.45. The summed E-state index contributed by atoms with van der Waals surface area (Å²) < 4.78 is 41.4. The highest BCUT2D eigenvalue weighted by atomic mass is 19.4. The van der Waals surface area contributed by atoms with Crippen LogP contribution in [0.5, 0.6) is 0 Å². The number of aromatic nitrogens is 1. The number of hydrogen-bond donors (Lipinski definition) is 1. The molecule has 3 rings (SSSR count). The Kier molecular flexibility index (Phi) is 6.14. The summed E-state index contributed by atoms with van der Waals surface area (Å²) in [6.45, 7) is 1.78. The van der Waals surface area contributed by atoms with Crippen LogP contribution in [-0.4, -0.2) is 23.0 Å². The number of anilines is 1. The fourth-order valence-corrected chi connectivity index (χ4v) is 4.43. The first-order valence-electron chi connectivity index (χ1n) is 9.87. The number of hydrogen-bond acceptors (Lipinski definition) is 3. The first-order valence-corrected chi connectivity index (χ1v) is 9.87. The number of nitrogens with two attached hydrogens (primary N) is 1. The molecule has 1 aliphatic rings. The molecule has 1 heterocycles. The molecule has 1 aromatic heterocycles. The summed E-state index contributed by atoms with van der Waals surface area (Å²) in [5.74, 6) is -3.66. The van der Waals surface area contributed by atoms with Crippen molar-refractivity contribution in [3.05, 3.63) is 59.9 Å². The minimum atomic E-state index is -5.19. The van der Waals surface area contributed by atoms with Gasteiger partial charge in [-0.2, -0.15) is 13.2 Å². The Morgan fingerprint density at radius 3 is 2.07 bits per heavy atom. The number of aryl methyl sites for hydroxylation is 1. The summed E-state index contributed by atoms with van der Waals surface area (Å²) in [5.41, 5.74) is 4.90. The lowest BCUT2D eigenvalue weighted by atomic mass is 9.69. The molecular weight excluding hydrogens is 395 g/mol. The molecule has 2 N–H and O–H groups in total. The van der Waals surface area contributed by atoms with E-state index in [2.05, 4.69) is 4.98 Å². The predicted octanol–water partition coefficient (Wildman–Crippen LogP) is 4.25. The van der Waals surface area contributed by atoms with Crippen molar-refractivity contribution >= 4 is 17.5 Å². The zero-order valence-electron chi connectivity index (χ0n) is 16.7. The molecule has 8 heteroatoms. The van der Waals surface area contributed by atoms with Crippen LogP contribution in [0.1, 0.15) is 43.2 Å². The number of benzene rings is 1. The lowest BCUT2D eigenvalue weighted by Gasteiger charge is -2.48. The summed E-state index contributed by atoms with van der Waals surface area (Å²) in [6, 6.07) is 8.96. The van der Waals surface area contributed by atoms with Gasteiger partial charge in [0.1, 0.15) is 0 Å². The number of carbonyl (C=O) groups excluding carboxylic acids is 2. The van der Waals surface area contributed by atoms with Crippen molar-refractivity contribution in [3.8, 4) is 0 Å². The van der Waals surface area contributed by atoms with Crippen LogP contribution in [0.25, 0.3) is 0 Å². The van der Waals surface area contributed by atoms with E-state index in [0.29, 0.717) is 17.7 Å². The van der Waals surface area contributed by atoms with Gasteiger partial charge in [-0.25, -0.2) is 0 Å². The third kappa shape index (κ3) is 3.91. The van der Waals surface area contributed by atoms with E-state index in [9.17, 15) is 22.8 Å². The monoisotopic (exact) mass is 419 g/mol. The fraction of sp³-hybridized carbons (Fsp3) is 0.409. The number of primary amides is 1. The number of amides is 2. The maximum absolute atomic E-state index is 13.8. The topological polar surface area (TPSA) is 76.3 Å². The summed E-state index contributed by atoms with van der Waals surface area (Å²) in [5, 5.41) is 0. The number of rotatable bonds is 5. The Balaban J connectivity index is 2.34. The average molecular weight is 419 g/mol. The van der Waals surface area contributed by atoms with Gasteiger partial charge < -0.3 is 5.73 Å². The van der Waals surface area contributed by atoms with Crippen LogP contribution >= 0.6 is 0 Å². The molecule has 1 fully saturated rings. The average Bonchev–Trinajstić information content (AvgIpc) is 2.73. The van der Waals surface area contributed by atoms with Crippen LogP contribution in [-0.2, 0) is 15.1 Å². The van der Waals surface area contributed by atoms with Gasteiger partial charge in [-0.15, -0.1) is 0 Å². The molecule has 1 unspecified atom stereocenters. The van der Waals surface area contributed by atoms with E-state index in [1.165, 1.54) is 36.7 Å². The number of pyridine rings is 1. The molecule has 160 valence electrons. The van der Waals surface area contributed by atoms with Gasteiger partial charge in [0.2, 0.25) is 5.91 Å². The summed E-state index contributed by atoms with van der Waals surface area (Å²) in [4.78, 5) is 30.4. The maximum Gasteiger partial charge on any atom is 0.471 e. The Labute approximate surface area is 173 Å². The molecule has 2 aromatic rings. The van der Waals surface area contributed by atoms with E-state index in [0.717, 1.165) is 24.8 Å². The van der Waals surface area contributed by atoms with Gasteiger partial charge in [-0.05, 0) is 55.5 Å². The van der Waals surface area contributed by atoms with Crippen molar-refractivity contribution in [2.24, 2.45) is 11.7 Å². The second-order valence-electron chi connectivity index (χ2n) is 7.68. The van der Waals surface area contributed by atoms with E-state index in [4.69, 9.17) is 5.73 Å². The van der Waals surface area contributed by atoms with Crippen molar-refractivity contribution in [2.75, 3.05) is 4.90 Å². The summed E-state index contributed by atoms with van der Waals surface area (Å²) in [6.07, 6.45) is 0.964. The lowest BCUT2D eigenvalue weighted by molar-refractivity contribution is -0.173. The standard InChI is InChI=1S/C22H24F3N3O2/c1-15-7-9-18(10-8-15)28(20(30)22(23,24)25)21(19(26)29,16-5-3-2-4-6-16)17-11-13-27-14-12-17/h7-14,16H,2-6H2,1H3,(H2,26,29). The Morgan fingerprint density at radius 2 is 1.57 bits per heavy atom. The first kappa shape index (κ1) is 21.8. The molecule has 0 saturated heterocycles. The molecule has 0 aliphatic heterocycles. The van der Waals surface area contributed by atoms with Crippen LogP contribution in [0.15, 0.2) is 48.8 Å². The molecule has 5 nitrogen and oxygen atoms in total. The van der Waals surface area contributed by atoms with E-state index in [1.807, 2.05) is 0 Å². The minimum Gasteiger partial charge on any atom is -0.367 e. The van der Waals surface area contributed by atoms with Gasteiger partial charge >= 0.3 is 12.1 Å². The fourth-order valence-electron chi connectivity index (χ4n) is 4.43. The van der Waals surface area contributed by atoms with Gasteiger partial charge in [-0.1, -0.05) is 37.0 Å². The predicted molar refractivity (Wildman–Crippen MR) is 106 cm³/mol. The third-order valence-electron chi connectivity index (χ3n) is 5.78.